The van der Waals surface area contributed by atoms with E-state index in [1.165, 1.54) is 0 Å². The Labute approximate surface area is 128 Å². The van der Waals surface area contributed by atoms with E-state index in [-0.39, 0.29) is 36.1 Å². The summed E-state index contributed by atoms with van der Waals surface area (Å²) in [4.78, 5) is 10.7. The first kappa shape index (κ1) is 15.1. The Morgan fingerprint density at radius 1 is 1.33 bits per heavy atom. The van der Waals surface area contributed by atoms with Crippen LogP contribution >= 0.6 is 0 Å². The summed E-state index contributed by atoms with van der Waals surface area (Å²) in [5.41, 5.74) is 2.82. The molecule has 2 aromatic rings. The molecule has 0 atom stereocenters. The molecule has 0 saturated heterocycles. The van der Waals surface area contributed by atoms with Crippen molar-refractivity contribution in [1.29, 1.82) is 0 Å². The minimum Gasteiger partial charge on any atom is -0.548 e. The second-order valence-corrected chi connectivity index (χ2v) is 4.13. The van der Waals surface area contributed by atoms with Gasteiger partial charge in [0.15, 0.2) is 0 Å². The number of hydrogen-bond acceptors (Lipinski definition) is 3. The van der Waals surface area contributed by atoms with Gasteiger partial charge in [-0.15, -0.1) is 0 Å². The molecule has 1 aromatic heterocycles. The summed E-state index contributed by atoms with van der Waals surface area (Å²) in [5, 5.41) is 11.7. The summed E-state index contributed by atoms with van der Waals surface area (Å²) in [6.45, 7) is 3.70. The maximum absolute atomic E-state index is 10.7. The van der Waals surface area contributed by atoms with Crippen LogP contribution in [0.15, 0.2) is 18.2 Å². The summed E-state index contributed by atoms with van der Waals surface area (Å²) < 4.78 is 6.94. The van der Waals surface area contributed by atoms with Crippen LogP contribution in [0.25, 0.3) is 10.9 Å². The first-order valence-corrected chi connectivity index (χ1v) is 5.37. The van der Waals surface area contributed by atoms with Gasteiger partial charge in [-0.05, 0) is 37.6 Å². The van der Waals surface area contributed by atoms with E-state index in [9.17, 15) is 9.90 Å². The van der Waals surface area contributed by atoms with E-state index < -0.39 is 5.97 Å². The number of carbonyl (C=O) groups is 1. The van der Waals surface area contributed by atoms with Crippen molar-refractivity contribution in [2.24, 2.45) is 0 Å². The van der Waals surface area contributed by atoms with Gasteiger partial charge in [-0.3, -0.25) is 0 Å². The number of fused-ring (bicyclic) bond motifs is 1. The number of aryl methyl sites for hydroxylation is 2. The van der Waals surface area contributed by atoms with Crippen LogP contribution in [0.4, 0.5) is 0 Å². The van der Waals surface area contributed by atoms with E-state index in [1.54, 1.807) is 11.7 Å². The van der Waals surface area contributed by atoms with Crippen LogP contribution in [0.5, 0.6) is 5.75 Å². The topological polar surface area (TPSA) is 54.3 Å². The summed E-state index contributed by atoms with van der Waals surface area (Å²) in [6, 6.07) is 5.75. The smallest absolute Gasteiger partial charge is 0.548 e. The van der Waals surface area contributed by atoms with E-state index in [0.29, 0.717) is 0 Å². The summed E-state index contributed by atoms with van der Waals surface area (Å²) in [5.74, 6) is -0.304. The molecular weight excluding hydrogens is 241 g/mol. The van der Waals surface area contributed by atoms with Crippen LogP contribution in [0.3, 0.4) is 0 Å². The molecule has 0 aliphatic heterocycles. The molecule has 0 fully saturated rings. The first-order chi connectivity index (χ1) is 8.02. The van der Waals surface area contributed by atoms with E-state index in [1.807, 2.05) is 32.0 Å². The third-order valence-corrected chi connectivity index (χ3v) is 2.89. The van der Waals surface area contributed by atoms with E-state index in [2.05, 4.69) is 0 Å². The maximum Gasteiger partial charge on any atom is 1.00 e. The summed E-state index contributed by atoms with van der Waals surface area (Å²) in [6.07, 6.45) is 0. The normalized spacial score (nSPS) is 10.2. The van der Waals surface area contributed by atoms with Gasteiger partial charge in [0.05, 0.1) is 25.1 Å². The monoisotopic (exact) mass is 255 g/mol. The quantitative estimate of drug-likeness (QED) is 0.597. The number of rotatable bonds is 3. The zero-order valence-electron chi connectivity index (χ0n) is 11.1. The number of hydrogen-bond donors (Lipinski definition) is 0. The third-order valence-electron chi connectivity index (χ3n) is 2.89. The first-order valence-electron chi connectivity index (χ1n) is 5.37. The number of carboxylic acids is 1. The summed E-state index contributed by atoms with van der Waals surface area (Å²) in [7, 11) is 1.62. The van der Waals surface area contributed by atoms with Crippen LogP contribution in [-0.4, -0.2) is 17.6 Å². The van der Waals surface area contributed by atoms with Crippen LogP contribution in [0.2, 0.25) is 0 Å². The standard InChI is InChI=1S/C13H15NO3.Na/c1-8-4-11(17-3)6-10-5-9(2)14(13(8)10)7-12(15)16;/h4-6H,7H2,1-3H3,(H,15,16);/q;+1/p-1. The zero-order chi connectivity index (χ0) is 12.6. The minimum absolute atomic E-state index is 0. The molecule has 0 saturated carbocycles. The average molecular weight is 255 g/mol. The molecule has 0 bridgehead atoms. The van der Waals surface area contributed by atoms with Gasteiger partial charge in [-0.25, -0.2) is 0 Å². The number of ether oxygens (including phenoxy) is 1. The Hall–Kier alpha value is -0.970. The molecule has 4 nitrogen and oxygen atoms in total. The Bertz CT molecular complexity index is 589. The second kappa shape index (κ2) is 5.78. The van der Waals surface area contributed by atoms with Gasteiger partial charge in [0.2, 0.25) is 0 Å². The number of aliphatic carboxylic acids is 1. The maximum atomic E-state index is 10.7. The largest absolute Gasteiger partial charge is 1.00 e. The van der Waals surface area contributed by atoms with E-state index >= 15 is 0 Å². The van der Waals surface area contributed by atoms with Gasteiger partial charge in [-0.2, -0.15) is 0 Å². The van der Waals surface area contributed by atoms with Crippen molar-refractivity contribution in [3.63, 3.8) is 0 Å². The average Bonchev–Trinajstić information content (AvgIpc) is 2.54. The minimum atomic E-state index is -1.08. The number of carboxylic acid groups (broad SMARTS) is 1. The van der Waals surface area contributed by atoms with Crippen LogP contribution in [0, 0.1) is 13.8 Å². The van der Waals surface area contributed by atoms with Gasteiger partial charge in [0.1, 0.15) is 5.75 Å². The number of aromatic nitrogens is 1. The molecule has 5 heteroatoms. The molecule has 0 aliphatic carbocycles. The molecule has 0 amide bonds. The Kier molecular flexibility index (Phi) is 4.85. The Balaban J connectivity index is 0.00000162. The molecule has 2 rings (SSSR count). The Morgan fingerprint density at radius 2 is 2.00 bits per heavy atom. The van der Waals surface area contributed by atoms with Crippen molar-refractivity contribution >= 4 is 16.9 Å². The molecule has 18 heavy (non-hydrogen) atoms. The predicted molar refractivity (Wildman–Crippen MR) is 63.0 cm³/mol. The molecule has 0 aliphatic rings. The fourth-order valence-corrected chi connectivity index (χ4v) is 2.18. The molecule has 0 radical (unpaired) electrons. The molecule has 1 aromatic carbocycles. The fraction of sp³-hybridized carbons (Fsp3) is 0.308. The van der Waals surface area contributed by atoms with Crippen molar-refractivity contribution in [1.82, 2.24) is 4.57 Å². The predicted octanol–water partition coefficient (Wildman–Crippen LogP) is -1.98. The molecule has 90 valence electrons. The van der Waals surface area contributed by atoms with Crippen molar-refractivity contribution in [2.75, 3.05) is 7.11 Å². The molecular formula is C13H14NNaO3. The van der Waals surface area contributed by atoms with Crippen molar-refractivity contribution < 1.29 is 44.2 Å². The van der Waals surface area contributed by atoms with Crippen molar-refractivity contribution in [2.45, 2.75) is 20.4 Å². The molecule has 1 heterocycles. The number of methoxy groups -OCH3 is 1. The van der Waals surface area contributed by atoms with E-state index in [0.717, 1.165) is 27.9 Å². The number of nitrogens with zero attached hydrogens (tertiary/aromatic N) is 1. The van der Waals surface area contributed by atoms with Crippen molar-refractivity contribution in [3.8, 4) is 5.75 Å². The number of benzene rings is 1. The van der Waals surface area contributed by atoms with Gasteiger partial charge in [0, 0.05) is 11.1 Å². The SMILES string of the molecule is COc1cc(C)c2c(c1)cc(C)n2CC(=O)[O-].[Na+]. The Morgan fingerprint density at radius 3 is 2.56 bits per heavy atom. The third kappa shape index (κ3) is 2.71. The van der Waals surface area contributed by atoms with Gasteiger partial charge < -0.3 is 19.2 Å². The fourth-order valence-electron chi connectivity index (χ4n) is 2.18. The van der Waals surface area contributed by atoms with Crippen LogP contribution in [-0.2, 0) is 11.3 Å². The van der Waals surface area contributed by atoms with E-state index in [4.69, 9.17) is 4.74 Å². The van der Waals surface area contributed by atoms with Crippen LogP contribution in [0.1, 0.15) is 11.3 Å². The van der Waals surface area contributed by atoms with Gasteiger partial charge in [-0.1, -0.05) is 0 Å². The summed E-state index contributed by atoms with van der Waals surface area (Å²) >= 11 is 0. The van der Waals surface area contributed by atoms with Gasteiger partial charge in [0.25, 0.3) is 0 Å². The molecule has 0 unspecified atom stereocenters. The zero-order valence-corrected chi connectivity index (χ0v) is 13.1. The second-order valence-electron chi connectivity index (χ2n) is 4.13. The van der Waals surface area contributed by atoms with Gasteiger partial charge >= 0.3 is 29.6 Å². The molecule has 0 spiro atoms. The number of carbonyl (C=O) groups excluding carboxylic acids is 1. The van der Waals surface area contributed by atoms with Crippen molar-refractivity contribution in [3.05, 3.63) is 29.5 Å². The van der Waals surface area contributed by atoms with Crippen LogP contribution < -0.4 is 39.4 Å². The molecule has 0 N–H and O–H groups in total.